The highest BCUT2D eigenvalue weighted by Crippen LogP contribution is 2.12. The summed E-state index contributed by atoms with van der Waals surface area (Å²) in [6.45, 7) is 1.85. The maximum absolute atomic E-state index is 5.51. The highest BCUT2D eigenvalue weighted by Gasteiger charge is 2.05. The molecule has 0 aliphatic carbocycles. The van der Waals surface area contributed by atoms with Gasteiger partial charge in [0.2, 0.25) is 0 Å². The van der Waals surface area contributed by atoms with Gasteiger partial charge >= 0.3 is 0 Å². The summed E-state index contributed by atoms with van der Waals surface area (Å²) in [7, 11) is 6.52. The predicted octanol–water partition coefficient (Wildman–Crippen LogP) is 2.38. The van der Waals surface area contributed by atoms with Crippen LogP contribution in [-0.2, 0) is 9.94 Å². The van der Waals surface area contributed by atoms with Crippen LogP contribution in [0.15, 0.2) is 30.3 Å². The van der Waals surface area contributed by atoms with Crippen molar-refractivity contribution in [3.05, 3.63) is 35.9 Å². The Morgan fingerprint density at radius 1 is 1.12 bits per heavy atom. The summed E-state index contributed by atoms with van der Waals surface area (Å²) in [5.41, 5.74) is 1.31. The average molecular weight is 243 g/mol. The van der Waals surface area contributed by atoms with Gasteiger partial charge in [0.05, 0.1) is 21.1 Å². The topological polar surface area (TPSA) is 39.2 Å². The van der Waals surface area contributed by atoms with E-state index in [4.69, 9.17) is 4.18 Å². The van der Waals surface area contributed by atoms with Gasteiger partial charge in [-0.1, -0.05) is 30.3 Å². The van der Waals surface area contributed by atoms with Gasteiger partial charge in [-0.25, -0.2) is 0 Å². The van der Waals surface area contributed by atoms with Gasteiger partial charge in [0.15, 0.2) is 0 Å². The molecule has 0 atom stereocenters. The van der Waals surface area contributed by atoms with Crippen molar-refractivity contribution in [3.8, 4) is 0 Å². The van der Waals surface area contributed by atoms with Crippen molar-refractivity contribution in [3.63, 3.8) is 0 Å². The van der Waals surface area contributed by atoms with Crippen molar-refractivity contribution >= 4 is 12.0 Å². The standard InChI is InChI=1S/C12H20NOS.H2O/c1-13(2,3)9-10-14-15-11-12-7-5-4-6-8-12;/h4-8H,9-11H2,1-3H3;1H2/q+1;/p-1. The van der Waals surface area contributed by atoms with Crippen LogP contribution in [0.3, 0.4) is 0 Å². The Bertz CT molecular complexity index is 272. The van der Waals surface area contributed by atoms with Crippen LogP contribution in [0.25, 0.3) is 0 Å². The molecule has 16 heavy (non-hydrogen) atoms. The molecule has 0 amide bonds. The van der Waals surface area contributed by atoms with E-state index in [0.717, 1.165) is 23.4 Å². The summed E-state index contributed by atoms with van der Waals surface area (Å²) in [5.74, 6) is 0.929. The van der Waals surface area contributed by atoms with Gasteiger partial charge in [0.1, 0.15) is 13.2 Å². The van der Waals surface area contributed by atoms with Crippen LogP contribution in [0.5, 0.6) is 0 Å². The zero-order valence-corrected chi connectivity index (χ0v) is 11.0. The molecule has 0 fully saturated rings. The second-order valence-corrected chi connectivity index (χ2v) is 5.34. The van der Waals surface area contributed by atoms with Crippen molar-refractivity contribution < 1.29 is 14.1 Å². The van der Waals surface area contributed by atoms with Crippen molar-refractivity contribution in [2.24, 2.45) is 0 Å². The molecule has 0 aliphatic rings. The molecule has 4 heteroatoms. The maximum atomic E-state index is 5.51. The molecule has 0 unspecified atom stereocenters. The molecule has 0 aromatic heterocycles. The summed E-state index contributed by atoms with van der Waals surface area (Å²) < 4.78 is 6.46. The molecule has 1 aromatic carbocycles. The molecule has 92 valence electrons. The van der Waals surface area contributed by atoms with Gasteiger partial charge in [0.25, 0.3) is 0 Å². The molecule has 0 aliphatic heterocycles. The normalized spacial score (nSPS) is 10.9. The van der Waals surface area contributed by atoms with E-state index in [1.54, 1.807) is 0 Å². The highest BCUT2D eigenvalue weighted by atomic mass is 32.2. The summed E-state index contributed by atoms with van der Waals surface area (Å²) in [5, 5.41) is 0. The summed E-state index contributed by atoms with van der Waals surface area (Å²) in [4.78, 5) is 0. The molecular weight excluding hydrogens is 222 g/mol. The number of quaternary nitrogens is 1. The minimum absolute atomic E-state index is 0. The van der Waals surface area contributed by atoms with Gasteiger partial charge in [-0.3, -0.25) is 0 Å². The molecule has 0 spiro atoms. The zero-order chi connectivity index (χ0) is 11.1. The van der Waals surface area contributed by atoms with E-state index in [9.17, 15) is 0 Å². The average Bonchev–Trinajstić information content (AvgIpc) is 2.17. The molecule has 0 bridgehead atoms. The Labute approximate surface area is 103 Å². The van der Waals surface area contributed by atoms with Crippen molar-refractivity contribution in [1.82, 2.24) is 0 Å². The van der Waals surface area contributed by atoms with E-state index < -0.39 is 0 Å². The third kappa shape index (κ3) is 7.70. The van der Waals surface area contributed by atoms with Crippen LogP contribution < -0.4 is 0 Å². The monoisotopic (exact) mass is 243 g/mol. The second kappa shape index (κ2) is 7.68. The van der Waals surface area contributed by atoms with E-state index in [2.05, 4.69) is 45.4 Å². The van der Waals surface area contributed by atoms with E-state index in [-0.39, 0.29) is 5.48 Å². The molecular formula is C12H21NO2S. The van der Waals surface area contributed by atoms with E-state index in [1.807, 2.05) is 6.07 Å². The van der Waals surface area contributed by atoms with Crippen molar-refractivity contribution in [2.45, 2.75) is 5.75 Å². The van der Waals surface area contributed by atoms with Gasteiger partial charge < -0.3 is 14.1 Å². The van der Waals surface area contributed by atoms with Crippen LogP contribution in [0.2, 0.25) is 0 Å². The fourth-order valence-electron chi connectivity index (χ4n) is 1.05. The minimum atomic E-state index is 0. The number of likely N-dealkylation sites (N-methyl/N-ethyl adjacent to an activating group) is 1. The fraction of sp³-hybridized carbons (Fsp3) is 0.500. The van der Waals surface area contributed by atoms with Crippen molar-refractivity contribution in [1.29, 1.82) is 0 Å². The van der Waals surface area contributed by atoms with Crippen LogP contribution in [0, 0.1) is 0 Å². The first-order valence-corrected chi connectivity index (χ1v) is 6.08. The van der Waals surface area contributed by atoms with Crippen molar-refractivity contribution in [2.75, 3.05) is 34.3 Å². The lowest BCUT2D eigenvalue weighted by molar-refractivity contribution is -0.870. The molecule has 0 saturated heterocycles. The van der Waals surface area contributed by atoms with Gasteiger partial charge in [-0.05, 0) is 17.6 Å². The van der Waals surface area contributed by atoms with E-state index >= 15 is 0 Å². The third-order valence-corrected chi connectivity index (χ3v) is 2.78. The maximum Gasteiger partial charge on any atom is 0.110 e. The molecule has 0 heterocycles. The number of rotatable bonds is 6. The lowest BCUT2D eigenvalue weighted by Gasteiger charge is -2.23. The largest absolute Gasteiger partial charge is 0.870 e. The zero-order valence-electron chi connectivity index (χ0n) is 10.2. The Kier molecular flexibility index (Phi) is 7.42. The van der Waals surface area contributed by atoms with Gasteiger partial charge in [0, 0.05) is 5.75 Å². The SMILES string of the molecule is C[N+](C)(C)CCOSCc1ccccc1.[OH-]. The van der Waals surface area contributed by atoms with Crippen LogP contribution in [-0.4, -0.2) is 44.3 Å². The van der Waals surface area contributed by atoms with Crippen LogP contribution in [0.4, 0.5) is 0 Å². The molecule has 1 aromatic rings. The first-order valence-electron chi connectivity index (χ1n) is 5.17. The lowest BCUT2D eigenvalue weighted by atomic mass is 10.2. The van der Waals surface area contributed by atoms with Crippen LogP contribution in [0.1, 0.15) is 5.56 Å². The quantitative estimate of drug-likeness (QED) is 0.437. The van der Waals surface area contributed by atoms with Gasteiger partial charge in [-0.2, -0.15) is 0 Å². The Morgan fingerprint density at radius 2 is 1.75 bits per heavy atom. The van der Waals surface area contributed by atoms with Gasteiger partial charge in [-0.15, -0.1) is 0 Å². The highest BCUT2D eigenvalue weighted by molar-refractivity contribution is 7.93. The smallest absolute Gasteiger partial charge is 0.110 e. The fourth-order valence-corrected chi connectivity index (χ4v) is 1.66. The summed E-state index contributed by atoms with van der Waals surface area (Å²) in [6, 6.07) is 10.4. The number of nitrogens with zero attached hydrogens (tertiary/aromatic N) is 1. The Hall–Kier alpha value is -0.550. The number of hydrogen-bond acceptors (Lipinski definition) is 3. The number of hydrogen-bond donors (Lipinski definition) is 0. The Morgan fingerprint density at radius 3 is 2.31 bits per heavy atom. The molecule has 3 nitrogen and oxygen atoms in total. The van der Waals surface area contributed by atoms with Crippen LogP contribution >= 0.6 is 12.0 Å². The number of benzene rings is 1. The van der Waals surface area contributed by atoms with E-state index in [1.165, 1.54) is 17.6 Å². The second-order valence-electron chi connectivity index (χ2n) is 4.58. The first kappa shape index (κ1) is 15.4. The minimum Gasteiger partial charge on any atom is -0.870 e. The molecule has 1 rings (SSSR count). The lowest BCUT2D eigenvalue weighted by Crippen LogP contribution is -2.37. The predicted molar refractivity (Wildman–Crippen MR) is 68.5 cm³/mol. The third-order valence-electron chi connectivity index (χ3n) is 2.00. The Balaban J connectivity index is 0.00000225. The summed E-state index contributed by atoms with van der Waals surface area (Å²) in [6.07, 6.45) is 0. The van der Waals surface area contributed by atoms with E-state index in [0.29, 0.717) is 0 Å². The first-order chi connectivity index (χ1) is 7.08. The molecule has 0 radical (unpaired) electrons. The summed E-state index contributed by atoms with van der Waals surface area (Å²) >= 11 is 1.54. The molecule has 1 N–H and O–H groups in total. The molecule has 0 saturated carbocycles.